The number of hydrogen-bond donors (Lipinski definition) is 2. The molecular weight excluding hydrogens is 363 g/mol. The first-order chi connectivity index (χ1) is 12.7. The molecule has 2 aromatic rings. The van der Waals surface area contributed by atoms with Gasteiger partial charge in [0.25, 0.3) is 11.6 Å². The lowest BCUT2D eigenvalue weighted by Crippen LogP contribution is -2.41. The van der Waals surface area contributed by atoms with Gasteiger partial charge >= 0.3 is 5.69 Å². The van der Waals surface area contributed by atoms with Gasteiger partial charge in [0.05, 0.1) is 9.85 Å². The monoisotopic (exact) mass is 376 g/mol. The Labute approximate surface area is 151 Å². The highest BCUT2D eigenvalue weighted by Crippen LogP contribution is 2.21. The van der Waals surface area contributed by atoms with E-state index in [0.717, 1.165) is 24.3 Å². The molecule has 1 atom stereocenters. The molecule has 11 heteroatoms. The molecule has 0 aliphatic rings. The zero-order chi connectivity index (χ0) is 20.1. The molecule has 1 unspecified atom stereocenters. The molecule has 0 spiro atoms. The first-order valence-electron chi connectivity index (χ1n) is 7.49. The standard InChI is InChI=1S/C16H13FN4O6/c1-9(18-16(23)10-3-2-4-12(7-10)20(24)25)15(22)19-11-5-6-13(17)14(8-11)21(26)27/h2-9H,1H3,(H,18,23)(H,19,22). The van der Waals surface area contributed by atoms with E-state index in [0.29, 0.717) is 0 Å². The average molecular weight is 376 g/mol. The van der Waals surface area contributed by atoms with Crippen LogP contribution >= 0.6 is 0 Å². The number of nitro groups is 2. The van der Waals surface area contributed by atoms with Crippen LogP contribution in [-0.4, -0.2) is 27.7 Å². The number of amides is 2. The van der Waals surface area contributed by atoms with Gasteiger partial charge in [-0.15, -0.1) is 0 Å². The molecule has 10 nitrogen and oxygen atoms in total. The molecular formula is C16H13FN4O6. The summed E-state index contributed by atoms with van der Waals surface area (Å²) in [6.07, 6.45) is 0. The highest BCUT2D eigenvalue weighted by molar-refractivity contribution is 6.01. The van der Waals surface area contributed by atoms with Crippen LogP contribution < -0.4 is 10.6 Å². The highest BCUT2D eigenvalue weighted by atomic mass is 19.1. The number of anilines is 1. The summed E-state index contributed by atoms with van der Waals surface area (Å²) < 4.78 is 13.3. The first kappa shape index (κ1) is 19.4. The summed E-state index contributed by atoms with van der Waals surface area (Å²) in [6.45, 7) is 1.35. The highest BCUT2D eigenvalue weighted by Gasteiger charge is 2.20. The fourth-order valence-electron chi connectivity index (χ4n) is 2.09. The summed E-state index contributed by atoms with van der Waals surface area (Å²) in [6, 6.07) is 6.70. The normalized spacial score (nSPS) is 11.3. The van der Waals surface area contributed by atoms with Crippen molar-refractivity contribution in [2.24, 2.45) is 0 Å². The number of halogens is 1. The van der Waals surface area contributed by atoms with Crippen LogP contribution in [0.25, 0.3) is 0 Å². The molecule has 0 saturated carbocycles. The van der Waals surface area contributed by atoms with Gasteiger partial charge in [-0.2, -0.15) is 4.39 Å². The van der Waals surface area contributed by atoms with E-state index in [9.17, 15) is 34.2 Å². The third-order valence-electron chi connectivity index (χ3n) is 3.47. The Morgan fingerprint density at radius 1 is 1.07 bits per heavy atom. The van der Waals surface area contributed by atoms with E-state index < -0.39 is 39.2 Å². The molecule has 27 heavy (non-hydrogen) atoms. The molecule has 0 saturated heterocycles. The number of rotatable bonds is 6. The molecule has 0 aliphatic heterocycles. The summed E-state index contributed by atoms with van der Waals surface area (Å²) in [5.41, 5.74) is -1.12. The van der Waals surface area contributed by atoms with Crippen LogP contribution in [0.4, 0.5) is 21.5 Å². The predicted molar refractivity (Wildman–Crippen MR) is 91.7 cm³/mol. The molecule has 2 amide bonds. The van der Waals surface area contributed by atoms with Crippen molar-refractivity contribution in [3.8, 4) is 0 Å². The van der Waals surface area contributed by atoms with Crippen LogP contribution in [0.15, 0.2) is 42.5 Å². The third kappa shape index (κ3) is 4.81. The van der Waals surface area contributed by atoms with Crippen LogP contribution in [0.2, 0.25) is 0 Å². The zero-order valence-corrected chi connectivity index (χ0v) is 13.8. The van der Waals surface area contributed by atoms with Gasteiger partial charge in [0.15, 0.2) is 0 Å². The second-order valence-corrected chi connectivity index (χ2v) is 5.42. The van der Waals surface area contributed by atoms with Gasteiger partial charge in [-0.1, -0.05) is 6.07 Å². The van der Waals surface area contributed by atoms with Gasteiger partial charge in [0.2, 0.25) is 11.7 Å². The van der Waals surface area contributed by atoms with E-state index in [1.54, 1.807) is 0 Å². The predicted octanol–water partition coefficient (Wildman–Crippen LogP) is 2.40. The smallest absolute Gasteiger partial charge is 0.306 e. The quantitative estimate of drug-likeness (QED) is 0.585. The molecule has 0 aromatic heterocycles. The zero-order valence-electron chi connectivity index (χ0n) is 13.8. The van der Waals surface area contributed by atoms with Gasteiger partial charge in [0.1, 0.15) is 6.04 Å². The van der Waals surface area contributed by atoms with E-state index in [4.69, 9.17) is 0 Å². The maximum atomic E-state index is 13.3. The molecule has 0 aliphatic carbocycles. The number of carbonyl (C=O) groups excluding carboxylic acids is 2. The van der Waals surface area contributed by atoms with Gasteiger partial charge in [-0.25, -0.2) is 0 Å². The van der Waals surface area contributed by atoms with Gasteiger partial charge in [-0.3, -0.25) is 29.8 Å². The van der Waals surface area contributed by atoms with E-state index in [1.165, 1.54) is 25.1 Å². The fourth-order valence-corrected chi connectivity index (χ4v) is 2.09. The minimum atomic E-state index is -1.07. The Hall–Kier alpha value is -3.89. The third-order valence-corrected chi connectivity index (χ3v) is 3.47. The lowest BCUT2D eigenvalue weighted by Gasteiger charge is -2.14. The first-order valence-corrected chi connectivity index (χ1v) is 7.49. The van der Waals surface area contributed by atoms with E-state index in [-0.39, 0.29) is 16.9 Å². The number of nitrogens with one attached hydrogen (secondary N) is 2. The second-order valence-electron chi connectivity index (χ2n) is 5.42. The molecule has 2 rings (SSSR count). The molecule has 2 aromatic carbocycles. The molecule has 0 radical (unpaired) electrons. The molecule has 140 valence electrons. The topological polar surface area (TPSA) is 144 Å². The Kier molecular flexibility index (Phi) is 5.75. The van der Waals surface area contributed by atoms with Crippen molar-refractivity contribution in [2.45, 2.75) is 13.0 Å². The lowest BCUT2D eigenvalue weighted by atomic mass is 10.1. The number of nitro benzene ring substituents is 2. The SMILES string of the molecule is CC(NC(=O)c1cccc([N+](=O)[O-])c1)C(=O)Nc1ccc(F)c([N+](=O)[O-])c1. The second kappa shape index (κ2) is 7.99. The van der Waals surface area contributed by atoms with Crippen molar-refractivity contribution < 1.29 is 23.8 Å². The van der Waals surface area contributed by atoms with Gasteiger partial charge < -0.3 is 10.6 Å². The number of non-ortho nitro benzene ring substituents is 1. The van der Waals surface area contributed by atoms with Crippen LogP contribution in [0.1, 0.15) is 17.3 Å². The van der Waals surface area contributed by atoms with Crippen molar-refractivity contribution >= 4 is 28.9 Å². The van der Waals surface area contributed by atoms with Crippen molar-refractivity contribution in [3.63, 3.8) is 0 Å². The lowest BCUT2D eigenvalue weighted by molar-refractivity contribution is -0.387. The van der Waals surface area contributed by atoms with Crippen molar-refractivity contribution in [3.05, 3.63) is 74.1 Å². The molecule has 2 N–H and O–H groups in total. The van der Waals surface area contributed by atoms with Gasteiger partial charge in [-0.05, 0) is 25.1 Å². The summed E-state index contributed by atoms with van der Waals surface area (Å²) in [5.74, 6) is -2.48. The maximum absolute atomic E-state index is 13.3. The maximum Gasteiger partial charge on any atom is 0.306 e. The van der Waals surface area contributed by atoms with Crippen LogP contribution in [0.5, 0.6) is 0 Å². The summed E-state index contributed by atoms with van der Waals surface area (Å²) >= 11 is 0. The summed E-state index contributed by atoms with van der Waals surface area (Å²) in [7, 11) is 0. The number of nitrogens with zero attached hydrogens (tertiary/aromatic N) is 2. The number of hydrogen-bond acceptors (Lipinski definition) is 6. The van der Waals surface area contributed by atoms with Gasteiger partial charge in [0, 0.05) is 29.4 Å². The Bertz CT molecular complexity index is 933. The Balaban J connectivity index is 2.06. The Morgan fingerprint density at radius 2 is 1.78 bits per heavy atom. The minimum absolute atomic E-state index is 0.0127. The van der Waals surface area contributed by atoms with E-state index >= 15 is 0 Å². The van der Waals surface area contributed by atoms with Crippen LogP contribution in [-0.2, 0) is 4.79 Å². The average Bonchev–Trinajstić information content (AvgIpc) is 2.62. The number of benzene rings is 2. The summed E-state index contributed by atoms with van der Waals surface area (Å²) in [5, 5.41) is 26.1. The van der Waals surface area contributed by atoms with Crippen molar-refractivity contribution in [1.82, 2.24) is 5.32 Å². The largest absolute Gasteiger partial charge is 0.341 e. The molecule has 0 fully saturated rings. The van der Waals surface area contributed by atoms with Crippen molar-refractivity contribution in [2.75, 3.05) is 5.32 Å². The van der Waals surface area contributed by atoms with E-state index in [2.05, 4.69) is 10.6 Å². The van der Waals surface area contributed by atoms with Crippen LogP contribution in [0, 0.1) is 26.0 Å². The summed E-state index contributed by atoms with van der Waals surface area (Å²) in [4.78, 5) is 44.1. The molecule has 0 heterocycles. The van der Waals surface area contributed by atoms with Crippen LogP contribution in [0.3, 0.4) is 0 Å². The number of carbonyl (C=O) groups is 2. The minimum Gasteiger partial charge on any atom is -0.341 e. The fraction of sp³-hybridized carbons (Fsp3) is 0.125. The Morgan fingerprint density at radius 3 is 2.41 bits per heavy atom. The van der Waals surface area contributed by atoms with E-state index in [1.807, 2.05) is 0 Å². The van der Waals surface area contributed by atoms with Crippen molar-refractivity contribution in [1.29, 1.82) is 0 Å². The molecule has 0 bridgehead atoms.